The van der Waals surface area contributed by atoms with E-state index < -0.39 is 15.8 Å². The van der Waals surface area contributed by atoms with Crippen LogP contribution >= 0.6 is 0 Å². The molecule has 0 radical (unpaired) electrons. The Hall–Kier alpha value is -1.51. The molecule has 0 atom stereocenters. The highest BCUT2D eigenvalue weighted by molar-refractivity contribution is 7.89. The van der Waals surface area contributed by atoms with E-state index in [0.717, 1.165) is 38.4 Å². The molecule has 3 aliphatic rings. The second-order valence-electron chi connectivity index (χ2n) is 8.38. The van der Waals surface area contributed by atoms with E-state index in [1.165, 1.54) is 42.1 Å². The van der Waals surface area contributed by atoms with Crippen molar-refractivity contribution in [3.63, 3.8) is 0 Å². The smallest absolute Gasteiger partial charge is 0.253 e. The van der Waals surface area contributed by atoms with Gasteiger partial charge in [-0.15, -0.1) is 0 Å². The van der Waals surface area contributed by atoms with Crippen LogP contribution in [0.3, 0.4) is 0 Å². The number of hydrogen-bond acceptors (Lipinski definition) is 4. The monoisotopic (exact) mass is 423 g/mol. The average molecular weight is 424 g/mol. The highest BCUT2D eigenvalue weighted by Crippen LogP contribution is 2.26. The Bertz CT molecular complexity index is 841. The standard InChI is InChI=1S/C21H30FN3O3S/c22-19-9-8-17(16-20(19)29(27,28)25-10-4-1-5-11-25)21(26)24-14-12-23(13-15-24)18-6-2-3-7-18/h8-9,16,18H,1-7,10-15H2. The number of rotatable bonds is 4. The van der Waals surface area contributed by atoms with Crippen LogP contribution in [0.15, 0.2) is 23.1 Å². The minimum Gasteiger partial charge on any atom is -0.336 e. The SMILES string of the molecule is O=C(c1ccc(F)c(S(=O)(=O)N2CCCCC2)c1)N1CCN(C2CCCC2)CC1. The first kappa shape index (κ1) is 20.8. The van der Waals surface area contributed by atoms with Crippen molar-refractivity contribution < 1.29 is 17.6 Å². The van der Waals surface area contributed by atoms with Crippen molar-refractivity contribution in [3.8, 4) is 0 Å². The van der Waals surface area contributed by atoms with Gasteiger partial charge in [0.05, 0.1) is 0 Å². The first-order valence-corrected chi connectivity index (χ1v) is 12.2. The molecule has 3 fully saturated rings. The maximum absolute atomic E-state index is 14.4. The number of piperazine rings is 1. The minimum absolute atomic E-state index is 0.217. The second-order valence-corrected chi connectivity index (χ2v) is 10.3. The number of carbonyl (C=O) groups excluding carboxylic acids is 1. The molecule has 1 aliphatic carbocycles. The third kappa shape index (κ3) is 4.34. The molecule has 0 unspecified atom stereocenters. The summed E-state index contributed by atoms with van der Waals surface area (Å²) in [7, 11) is -3.92. The molecule has 2 aliphatic heterocycles. The molecule has 2 heterocycles. The third-order valence-corrected chi connectivity index (χ3v) is 8.47. The summed E-state index contributed by atoms with van der Waals surface area (Å²) in [6.07, 6.45) is 7.60. The summed E-state index contributed by atoms with van der Waals surface area (Å²) in [5.41, 5.74) is 0.247. The fraction of sp³-hybridized carbons (Fsp3) is 0.667. The average Bonchev–Trinajstić information content (AvgIpc) is 3.29. The quantitative estimate of drug-likeness (QED) is 0.747. The van der Waals surface area contributed by atoms with Gasteiger partial charge in [-0.05, 0) is 43.9 Å². The van der Waals surface area contributed by atoms with Crippen LogP contribution in [0.2, 0.25) is 0 Å². The lowest BCUT2D eigenvalue weighted by molar-refractivity contribution is 0.0573. The Morgan fingerprint density at radius 1 is 0.897 bits per heavy atom. The van der Waals surface area contributed by atoms with E-state index in [0.29, 0.717) is 32.2 Å². The van der Waals surface area contributed by atoms with Crippen molar-refractivity contribution in [1.29, 1.82) is 0 Å². The summed E-state index contributed by atoms with van der Waals surface area (Å²) in [4.78, 5) is 16.8. The van der Waals surface area contributed by atoms with Gasteiger partial charge in [0.15, 0.2) is 0 Å². The van der Waals surface area contributed by atoms with E-state index >= 15 is 0 Å². The van der Waals surface area contributed by atoms with Gasteiger partial charge in [0.1, 0.15) is 10.7 Å². The third-order valence-electron chi connectivity index (χ3n) is 6.55. The highest BCUT2D eigenvalue weighted by atomic mass is 32.2. The summed E-state index contributed by atoms with van der Waals surface area (Å²) in [5.74, 6) is -1.01. The molecule has 0 spiro atoms. The van der Waals surface area contributed by atoms with Crippen LogP contribution in [0.25, 0.3) is 0 Å². The summed E-state index contributed by atoms with van der Waals surface area (Å²) in [5, 5.41) is 0. The molecule has 6 nitrogen and oxygen atoms in total. The van der Waals surface area contributed by atoms with Crippen molar-refractivity contribution in [2.75, 3.05) is 39.3 Å². The molecule has 0 aromatic heterocycles. The van der Waals surface area contributed by atoms with Crippen LogP contribution in [0, 0.1) is 5.82 Å². The molecule has 1 aromatic carbocycles. The normalized spacial score (nSPS) is 22.9. The minimum atomic E-state index is -3.92. The fourth-order valence-corrected chi connectivity index (χ4v) is 6.43. The summed E-state index contributed by atoms with van der Waals surface area (Å²) >= 11 is 0. The molecule has 0 bridgehead atoms. The lowest BCUT2D eigenvalue weighted by Crippen LogP contribution is -2.51. The molecule has 2 saturated heterocycles. The van der Waals surface area contributed by atoms with Gasteiger partial charge in [0.2, 0.25) is 10.0 Å². The van der Waals surface area contributed by atoms with Crippen molar-refractivity contribution in [2.45, 2.75) is 55.9 Å². The van der Waals surface area contributed by atoms with Gasteiger partial charge in [-0.1, -0.05) is 19.3 Å². The van der Waals surface area contributed by atoms with Gasteiger partial charge in [0, 0.05) is 50.9 Å². The van der Waals surface area contributed by atoms with Gasteiger partial charge < -0.3 is 4.90 Å². The summed E-state index contributed by atoms with van der Waals surface area (Å²) in [6, 6.07) is 4.37. The van der Waals surface area contributed by atoms with Crippen molar-refractivity contribution >= 4 is 15.9 Å². The van der Waals surface area contributed by atoms with Crippen LogP contribution in [-0.4, -0.2) is 73.7 Å². The topological polar surface area (TPSA) is 60.9 Å². The van der Waals surface area contributed by atoms with Gasteiger partial charge >= 0.3 is 0 Å². The predicted octanol–water partition coefficient (Wildman–Crippen LogP) is 2.70. The lowest BCUT2D eigenvalue weighted by atomic mass is 10.1. The predicted molar refractivity (Wildman–Crippen MR) is 109 cm³/mol. The van der Waals surface area contributed by atoms with Crippen LogP contribution < -0.4 is 0 Å². The van der Waals surface area contributed by atoms with Crippen molar-refractivity contribution in [1.82, 2.24) is 14.1 Å². The molecule has 0 N–H and O–H groups in total. The van der Waals surface area contributed by atoms with Crippen LogP contribution in [0.1, 0.15) is 55.3 Å². The van der Waals surface area contributed by atoms with Gasteiger partial charge in [-0.3, -0.25) is 9.69 Å². The molecule has 1 amide bonds. The Kier molecular flexibility index (Phi) is 6.22. The summed E-state index contributed by atoms with van der Waals surface area (Å²) in [6.45, 7) is 3.75. The molecule has 4 rings (SSSR count). The number of sulfonamides is 1. The highest BCUT2D eigenvalue weighted by Gasteiger charge is 2.31. The zero-order valence-electron chi connectivity index (χ0n) is 16.9. The zero-order valence-corrected chi connectivity index (χ0v) is 17.7. The number of hydrogen-bond donors (Lipinski definition) is 0. The van der Waals surface area contributed by atoms with E-state index in [9.17, 15) is 17.6 Å². The van der Waals surface area contributed by atoms with Crippen molar-refractivity contribution in [2.24, 2.45) is 0 Å². The molecule has 1 aromatic rings. The van der Waals surface area contributed by atoms with E-state index in [1.807, 2.05) is 0 Å². The van der Waals surface area contributed by atoms with Crippen LogP contribution in [0.4, 0.5) is 4.39 Å². The first-order valence-electron chi connectivity index (χ1n) is 10.8. The molecular weight excluding hydrogens is 393 g/mol. The van der Waals surface area contributed by atoms with Gasteiger partial charge in [0.25, 0.3) is 5.91 Å². The second kappa shape index (κ2) is 8.70. The summed E-state index contributed by atoms with van der Waals surface area (Å²) < 4.78 is 41.6. The molecule has 8 heteroatoms. The molecule has 29 heavy (non-hydrogen) atoms. The Balaban J connectivity index is 1.47. The van der Waals surface area contributed by atoms with E-state index in [4.69, 9.17) is 0 Å². The molecular formula is C21H30FN3O3S. The van der Waals surface area contributed by atoms with Crippen LogP contribution in [-0.2, 0) is 10.0 Å². The molecule has 160 valence electrons. The number of piperidine rings is 1. The van der Waals surface area contributed by atoms with E-state index in [2.05, 4.69) is 4.90 Å². The van der Waals surface area contributed by atoms with Gasteiger partial charge in [-0.2, -0.15) is 4.31 Å². The maximum Gasteiger partial charge on any atom is 0.253 e. The zero-order chi connectivity index (χ0) is 20.4. The largest absolute Gasteiger partial charge is 0.336 e. The number of amides is 1. The Labute approximate surface area is 172 Å². The number of halogens is 1. The maximum atomic E-state index is 14.4. The molecule has 1 saturated carbocycles. The fourth-order valence-electron chi connectivity index (χ4n) is 4.82. The Morgan fingerprint density at radius 3 is 2.21 bits per heavy atom. The lowest BCUT2D eigenvalue weighted by Gasteiger charge is -2.38. The first-order chi connectivity index (χ1) is 14.0. The number of nitrogens with zero attached hydrogens (tertiary/aromatic N) is 3. The van der Waals surface area contributed by atoms with E-state index in [1.54, 1.807) is 4.90 Å². The van der Waals surface area contributed by atoms with Crippen LogP contribution in [0.5, 0.6) is 0 Å². The van der Waals surface area contributed by atoms with Crippen molar-refractivity contribution in [3.05, 3.63) is 29.6 Å². The van der Waals surface area contributed by atoms with E-state index in [-0.39, 0.29) is 16.4 Å². The van der Waals surface area contributed by atoms with Gasteiger partial charge in [-0.25, -0.2) is 12.8 Å². The number of benzene rings is 1. The number of carbonyl (C=O) groups is 1. The Morgan fingerprint density at radius 2 is 1.55 bits per heavy atom.